The van der Waals surface area contributed by atoms with Crippen LogP contribution in [0.25, 0.3) is 0 Å². The van der Waals surface area contributed by atoms with E-state index in [-0.39, 0.29) is 24.2 Å². The smallest absolute Gasteiger partial charge is 0.256 e. The summed E-state index contributed by atoms with van der Waals surface area (Å²) in [4.78, 5) is 30.1. The zero-order valence-corrected chi connectivity index (χ0v) is 17.2. The lowest BCUT2D eigenvalue weighted by molar-refractivity contribution is 0.0774. The summed E-state index contributed by atoms with van der Waals surface area (Å²) < 4.78 is 0. The number of rotatable bonds is 4. The lowest BCUT2D eigenvalue weighted by Crippen LogP contribution is -2.49. The number of nitrogens with zero attached hydrogens (tertiary/aromatic N) is 2. The van der Waals surface area contributed by atoms with Crippen molar-refractivity contribution in [3.8, 4) is 0 Å². The van der Waals surface area contributed by atoms with Crippen molar-refractivity contribution >= 4 is 29.9 Å². The van der Waals surface area contributed by atoms with Gasteiger partial charge in [0.1, 0.15) is 0 Å². The minimum absolute atomic E-state index is 0. The number of hydrogen-bond acceptors (Lipinski definition) is 4. The minimum atomic E-state index is -0.207. The van der Waals surface area contributed by atoms with Gasteiger partial charge in [0.15, 0.2) is 0 Å². The molecule has 2 aliphatic rings. The van der Waals surface area contributed by atoms with Crippen LogP contribution in [-0.2, 0) is 0 Å². The Balaban J connectivity index is 0.00000240. The van der Waals surface area contributed by atoms with Crippen LogP contribution in [0.3, 0.4) is 0 Å². The van der Waals surface area contributed by atoms with E-state index in [1.807, 2.05) is 35.2 Å². The summed E-state index contributed by atoms with van der Waals surface area (Å²) in [6.45, 7) is 5.61. The fraction of sp³-hybridized carbons (Fsp3) is 0.364. The predicted octanol–water partition coefficient (Wildman–Crippen LogP) is 2.48. The zero-order chi connectivity index (χ0) is 19.3. The van der Waals surface area contributed by atoms with Gasteiger partial charge in [0.05, 0.1) is 11.3 Å². The van der Waals surface area contributed by atoms with Crippen LogP contribution >= 0.6 is 12.4 Å². The van der Waals surface area contributed by atoms with E-state index >= 15 is 0 Å². The van der Waals surface area contributed by atoms with Crippen LogP contribution in [0, 0.1) is 0 Å². The molecule has 2 aromatic rings. The summed E-state index contributed by atoms with van der Waals surface area (Å²) in [6.07, 6.45) is 1.00. The van der Waals surface area contributed by atoms with Crippen molar-refractivity contribution in [3.63, 3.8) is 0 Å². The van der Waals surface area contributed by atoms with Crippen molar-refractivity contribution in [3.05, 3.63) is 65.7 Å². The third-order valence-corrected chi connectivity index (χ3v) is 5.56. The Morgan fingerprint density at radius 3 is 2.38 bits per heavy atom. The fourth-order valence-corrected chi connectivity index (χ4v) is 4.00. The minimum Gasteiger partial charge on any atom is -0.337 e. The van der Waals surface area contributed by atoms with E-state index in [1.165, 1.54) is 0 Å². The first-order valence-corrected chi connectivity index (χ1v) is 9.92. The highest BCUT2D eigenvalue weighted by Gasteiger charge is 2.32. The molecule has 2 fully saturated rings. The largest absolute Gasteiger partial charge is 0.337 e. The molecular formula is C22H27ClN4O2. The molecule has 0 aliphatic carbocycles. The highest BCUT2D eigenvalue weighted by Crippen LogP contribution is 2.23. The van der Waals surface area contributed by atoms with Gasteiger partial charge in [-0.2, -0.15) is 0 Å². The third kappa shape index (κ3) is 4.96. The highest BCUT2D eigenvalue weighted by atomic mass is 35.5. The summed E-state index contributed by atoms with van der Waals surface area (Å²) in [5.74, 6) is -0.220. The molecule has 2 N–H and O–H groups in total. The van der Waals surface area contributed by atoms with Crippen LogP contribution in [0.2, 0.25) is 0 Å². The monoisotopic (exact) mass is 414 g/mol. The van der Waals surface area contributed by atoms with Crippen molar-refractivity contribution in [2.75, 3.05) is 44.6 Å². The average molecular weight is 415 g/mol. The Morgan fingerprint density at radius 1 is 0.931 bits per heavy atom. The summed E-state index contributed by atoms with van der Waals surface area (Å²) >= 11 is 0. The molecular weight excluding hydrogens is 388 g/mol. The molecule has 0 saturated carbocycles. The van der Waals surface area contributed by atoms with Crippen LogP contribution in [0.4, 0.5) is 5.69 Å². The number of likely N-dealkylation sites (tertiary alicyclic amines) is 1. The van der Waals surface area contributed by atoms with Crippen LogP contribution in [-0.4, -0.2) is 66.9 Å². The Labute approximate surface area is 177 Å². The average Bonchev–Trinajstić information content (AvgIpc) is 3.25. The van der Waals surface area contributed by atoms with Crippen molar-refractivity contribution in [1.29, 1.82) is 0 Å². The molecule has 154 valence electrons. The summed E-state index contributed by atoms with van der Waals surface area (Å²) in [5.41, 5.74) is 1.68. The van der Waals surface area contributed by atoms with Gasteiger partial charge in [-0.25, -0.2) is 0 Å². The highest BCUT2D eigenvalue weighted by molar-refractivity contribution is 6.09. The summed E-state index contributed by atoms with van der Waals surface area (Å²) in [7, 11) is 0. The number of carbonyl (C=O) groups excluding carboxylic acids is 2. The molecule has 0 aromatic heterocycles. The van der Waals surface area contributed by atoms with Gasteiger partial charge in [0.25, 0.3) is 11.8 Å². The molecule has 2 aromatic carbocycles. The third-order valence-electron chi connectivity index (χ3n) is 5.56. The lowest BCUT2D eigenvalue weighted by atomic mass is 10.1. The molecule has 1 atom stereocenters. The molecule has 2 heterocycles. The second kappa shape index (κ2) is 9.87. The van der Waals surface area contributed by atoms with E-state index in [2.05, 4.69) is 15.5 Å². The van der Waals surface area contributed by atoms with E-state index in [9.17, 15) is 9.59 Å². The van der Waals surface area contributed by atoms with Gasteiger partial charge in [-0.3, -0.25) is 14.5 Å². The van der Waals surface area contributed by atoms with Gasteiger partial charge < -0.3 is 15.5 Å². The van der Waals surface area contributed by atoms with Gasteiger partial charge in [-0.05, 0) is 30.7 Å². The molecule has 2 saturated heterocycles. The van der Waals surface area contributed by atoms with Crippen molar-refractivity contribution in [2.24, 2.45) is 0 Å². The van der Waals surface area contributed by atoms with Crippen LogP contribution in [0.5, 0.6) is 0 Å². The Bertz CT molecular complexity index is 840. The SMILES string of the molecule is Cl.O=C(Nc1ccccc1C(=O)N1CCC(N2CCNCC2)C1)c1ccccc1. The number of nitrogens with one attached hydrogen (secondary N) is 2. The van der Waals surface area contributed by atoms with Crippen LogP contribution in [0.15, 0.2) is 54.6 Å². The van der Waals surface area contributed by atoms with Gasteiger partial charge in [0.2, 0.25) is 0 Å². The Hall–Kier alpha value is -2.41. The number of benzene rings is 2. The molecule has 4 rings (SSSR count). The first-order valence-electron chi connectivity index (χ1n) is 9.92. The number of hydrogen-bond donors (Lipinski definition) is 2. The summed E-state index contributed by atoms with van der Waals surface area (Å²) in [5, 5.41) is 6.28. The molecule has 0 radical (unpaired) electrons. The normalized spacial score (nSPS) is 19.4. The second-order valence-corrected chi connectivity index (χ2v) is 7.35. The first kappa shape index (κ1) is 21.3. The maximum Gasteiger partial charge on any atom is 0.256 e. The molecule has 1 unspecified atom stereocenters. The standard InChI is InChI=1S/C22H26N4O2.ClH/c27-21(17-6-2-1-3-7-17)24-20-9-5-4-8-19(20)22(28)26-13-10-18(16-26)25-14-11-23-12-15-25;/h1-9,18,23H,10-16H2,(H,24,27);1H. The van der Waals surface area contributed by atoms with Crippen molar-refractivity contribution in [1.82, 2.24) is 15.1 Å². The van der Waals surface area contributed by atoms with Crippen LogP contribution in [0.1, 0.15) is 27.1 Å². The van der Waals surface area contributed by atoms with E-state index in [0.29, 0.717) is 22.9 Å². The first-order chi connectivity index (χ1) is 13.7. The molecule has 7 heteroatoms. The molecule has 0 bridgehead atoms. The summed E-state index contributed by atoms with van der Waals surface area (Å²) in [6, 6.07) is 16.7. The van der Waals surface area contributed by atoms with E-state index in [1.54, 1.807) is 24.3 Å². The van der Waals surface area contributed by atoms with Gasteiger partial charge in [-0.15, -0.1) is 12.4 Å². The number of halogens is 1. The number of amides is 2. The van der Waals surface area contributed by atoms with Crippen molar-refractivity contribution < 1.29 is 9.59 Å². The number of anilines is 1. The lowest BCUT2D eigenvalue weighted by Gasteiger charge is -2.32. The van der Waals surface area contributed by atoms with E-state index in [0.717, 1.165) is 45.7 Å². The predicted molar refractivity (Wildman–Crippen MR) is 117 cm³/mol. The number of carbonyl (C=O) groups is 2. The molecule has 2 amide bonds. The maximum absolute atomic E-state index is 13.2. The number of piperazine rings is 1. The maximum atomic E-state index is 13.2. The van der Waals surface area contributed by atoms with Crippen molar-refractivity contribution in [2.45, 2.75) is 12.5 Å². The number of para-hydroxylation sites is 1. The van der Waals surface area contributed by atoms with E-state index < -0.39 is 0 Å². The second-order valence-electron chi connectivity index (χ2n) is 7.35. The zero-order valence-electron chi connectivity index (χ0n) is 16.3. The Morgan fingerprint density at radius 2 is 1.62 bits per heavy atom. The van der Waals surface area contributed by atoms with E-state index in [4.69, 9.17) is 0 Å². The van der Waals surface area contributed by atoms with Crippen LogP contribution < -0.4 is 10.6 Å². The topological polar surface area (TPSA) is 64.7 Å². The van der Waals surface area contributed by atoms with Gasteiger partial charge in [0, 0.05) is 50.9 Å². The molecule has 0 spiro atoms. The molecule has 29 heavy (non-hydrogen) atoms. The van der Waals surface area contributed by atoms with Gasteiger partial charge in [-0.1, -0.05) is 30.3 Å². The quantitative estimate of drug-likeness (QED) is 0.806. The fourth-order valence-electron chi connectivity index (χ4n) is 4.00. The molecule has 6 nitrogen and oxygen atoms in total. The van der Waals surface area contributed by atoms with Gasteiger partial charge >= 0.3 is 0 Å². The Kier molecular flexibility index (Phi) is 7.25. The molecule has 2 aliphatic heterocycles.